The minimum Gasteiger partial charge on any atom is -0.357 e. The molecule has 1 N–H and O–H groups in total. The van der Waals surface area contributed by atoms with Crippen molar-refractivity contribution < 1.29 is 0 Å². The van der Waals surface area contributed by atoms with Gasteiger partial charge in [-0.25, -0.2) is 15.0 Å². The van der Waals surface area contributed by atoms with Gasteiger partial charge in [-0.05, 0) is 32.9 Å². The Hall–Kier alpha value is -2.70. The SMILES string of the molecule is CCN(CC)c1nc2c(cc1CNc1ncccn1)c(C)nn2C. The molecule has 7 heteroatoms. The highest BCUT2D eigenvalue weighted by atomic mass is 15.3. The van der Waals surface area contributed by atoms with Crippen molar-refractivity contribution in [3.8, 4) is 0 Å². The lowest BCUT2D eigenvalue weighted by Gasteiger charge is -2.23. The average molecular weight is 325 g/mol. The Morgan fingerprint density at radius 2 is 1.88 bits per heavy atom. The lowest BCUT2D eigenvalue weighted by molar-refractivity contribution is 0.768. The molecule has 0 amide bonds. The Bertz CT molecular complexity index is 822. The molecule has 0 radical (unpaired) electrons. The van der Waals surface area contributed by atoms with E-state index in [2.05, 4.69) is 45.2 Å². The van der Waals surface area contributed by atoms with E-state index in [0.29, 0.717) is 12.5 Å². The van der Waals surface area contributed by atoms with E-state index in [-0.39, 0.29) is 0 Å². The van der Waals surface area contributed by atoms with E-state index in [1.54, 1.807) is 18.5 Å². The zero-order chi connectivity index (χ0) is 17.1. The highest BCUT2D eigenvalue weighted by Gasteiger charge is 2.16. The van der Waals surface area contributed by atoms with Gasteiger partial charge in [-0.15, -0.1) is 0 Å². The van der Waals surface area contributed by atoms with Gasteiger partial charge in [0.2, 0.25) is 5.95 Å². The minimum atomic E-state index is 0.617. The molecule has 7 nitrogen and oxygen atoms in total. The number of fused-ring (bicyclic) bond motifs is 1. The van der Waals surface area contributed by atoms with Gasteiger partial charge in [0.15, 0.2) is 5.65 Å². The fourth-order valence-corrected chi connectivity index (χ4v) is 2.87. The molecular formula is C17H23N7. The largest absolute Gasteiger partial charge is 0.357 e. The number of rotatable bonds is 6. The second-order valence-electron chi connectivity index (χ2n) is 5.65. The van der Waals surface area contributed by atoms with E-state index >= 15 is 0 Å². The molecule has 0 unspecified atom stereocenters. The highest BCUT2D eigenvalue weighted by Crippen LogP contribution is 2.26. The first-order valence-electron chi connectivity index (χ1n) is 8.23. The van der Waals surface area contributed by atoms with Crippen molar-refractivity contribution in [1.29, 1.82) is 0 Å². The summed E-state index contributed by atoms with van der Waals surface area (Å²) in [7, 11) is 1.93. The molecule has 3 rings (SSSR count). The van der Waals surface area contributed by atoms with Crippen molar-refractivity contribution in [2.24, 2.45) is 7.05 Å². The summed E-state index contributed by atoms with van der Waals surface area (Å²) in [5.74, 6) is 1.60. The Kier molecular flexibility index (Phi) is 4.59. The summed E-state index contributed by atoms with van der Waals surface area (Å²) in [5.41, 5.74) is 3.02. The maximum atomic E-state index is 4.90. The molecule has 24 heavy (non-hydrogen) atoms. The third kappa shape index (κ3) is 3.02. The minimum absolute atomic E-state index is 0.617. The number of aryl methyl sites for hydroxylation is 2. The van der Waals surface area contributed by atoms with Gasteiger partial charge < -0.3 is 10.2 Å². The quantitative estimate of drug-likeness (QED) is 0.751. The molecule has 0 aliphatic rings. The molecule has 0 fully saturated rings. The number of pyridine rings is 1. The van der Waals surface area contributed by atoms with Crippen molar-refractivity contribution in [3.05, 3.63) is 35.8 Å². The molecule has 0 aromatic carbocycles. The van der Waals surface area contributed by atoms with Crippen LogP contribution in [0.25, 0.3) is 11.0 Å². The number of hydrogen-bond donors (Lipinski definition) is 1. The summed E-state index contributed by atoms with van der Waals surface area (Å²) >= 11 is 0. The number of aromatic nitrogens is 5. The summed E-state index contributed by atoms with van der Waals surface area (Å²) in [5, 5.41) is 8.85. The van der Waals surface area contributed by atoms with Gasteiger partial charge in [-0.2, -0.15) is 5.10 Å². The smallest absolute Gasteiger partial charge is 0.222 e. The third-order valence-corrected chi connectivity index (χ3v) is 4.12. The van der Waals surface area contributed by atoms with E-state index in [1.165, 1.54) is 0 Å². The second kappa shape index (κ2) is 6.82. The molecule has 0 aliphatic carbocycles. The lowest BCUT2D eigenvalue weighted by Crippen LogP contribution is -2.25. The maximum Gasteiger partial charge on any atom is 0.222 e. The number of hydrogen-bond acceptors (Lipinski definition) is 6. The molecule has 0 saturated heterocycles. The molecule has 3 aromatic heterocycles. The van der Waals surface area contributed by atoms with Crippen molar-refractivity contribution in [2.45, 2.75) is 27.3 Å². The summed E-state index contributed by atoms with van der Waals surface area (Å²) in [4.78, 5) is 15.6. The van der Waals surface area contributed by atoms with E-state index in [9.17, 15) is 0 Å². The van der Waals surface area contributed by atoms with Crippen LogP contribution < -0.4 is 10.2 Å². The van der Waals surface area contributed by atoms with Gasteiger partial charge in [0.05, 0.1) is 5.69 Å². The monoisotopic (exact) mass is 325 g/mol. The maximum absolute atomic E-state index is 4.90. The van der Waals surface area contributed by atoms with E-state index < -0.39 is 0 Å². The first-order chi connectivity index (χ1) is 11.6. The van der Waals surface area contributed by atoms with Gasteiger partial charge in [0, 0.05) is 50.0 Å². The highest BCUT2D eigenvalue weighted by molar-refractivity contribution is 5.81. The number of nitrogens with one attached hydrogen (secondary N) is 1. The summed E-state index contributed by atoms with van der Waals surface area (Å²) in [6.45, 7) is 8.72. The van der Waals surface area contributed by atoms with Crippen molar-refractivity contribution in [2.75, 3.05) is 23.3 Å². The molecule has 0 bridgehead atoms. The Balaban J connectivity index is 2.02. The molecule has 0 saturated carbocycles. The van der Waals surface area contributed by atoms with Crippen LogP contribution in [0.4, 0.5) is 11.8 Å². The van der Waals surface area contributed by atoms with Crippen LogP contribution in [0.3, 0.4) is 0 Å². The number of nitrogens with zero attached hydrogens (tertiary/aromatic N) is 6. The molecule has 0 atom stereocenters. The van der Waals surface area contributed by atoms with Crippen LogP contribution in [0, 0.1) is 6.92 Å². The zero-order valence-electron chi connectivity index (χ0n) is 14.6. The van der Waals surface area contributed by atoms with Crippen LogP contribution in [-0.2, 0) is 13.6 Å². The van der Waals surface area contributed by atoms with Crippen LogP contribution in [-0.4, -0.2) is 37.8 Å². The summed E-state index contributed by atoms with van der Waals surface area (Å²) < 4.78 is 1.84. The topological polar surface area (TPSA) is 71.8 Å². The predicted molar refractivity (Wildman–Crippen MR) is 96.2 cm³/mol. The Labute approximate surface area is 141 Å². The molecule has 0 spiro atoms. The summed E-state index contributed by atoms with van der Waals surface area (Å²) in [6, 6.07) is 3.98. The van der Waals surface area contributed by atoms with E-state index in [4.69, 9.17) is 4.98 Å². The zero-order valence-corrected chi connectivity index (χ0v) is 14.6. The molecular weight excluding hydrogens is 302 g/mol. The summed E-state index contributed by atoms with van der Waals surface area (Å²) in [6.07, 6.45) is 3.46. The number of anilines is 2. The first kappa shape index (κ1) is 16.2. The van der Waals surface area contributed by atoms with Gasteiger partial charge in [0.25, 0.3) is 0 Å². The van der Waals surface area contributed by atoms with Gasteiger partial charge in [-0.3, -0.25) is 4.68 Å². The second-order valence-corrected chi connectivity index (χ2v) is 5.65. The Morgan fingerprint density at radius 3 is 2.54 bits per heavy atom. The van der Waals surface area contributed by atoms with Crippen LogP contribution in [0.2, 0.25) is 0 Å². The van der Waals surface area contributed by atoms with Crippen LogP contribution >= 0.6 is 0 Å². The molecule has 0 aliphatic heterocycles. The van der Waals surface area contributed by atoms with E-state index in [1.807, 2.05) is 18.7 Å². The predicted octanol–water partition coefficient (Wildman–Crippen LogP) is 2.53. The fraction of sp³-hybridized carbons (Fsp3) is 0.412. The molecule has 3 heterocycles. The van der Waals surface area contributed by atoms with E-state index in [0.717, 1.165) is 41.2 Å². The normalized spacial score (nSPS) is 11.0. The van der Waals surface area contributed by atoms with Gasteiger partial charge in [-0.1, -0.05) is 0 Å². The Morgan fingerprint density at radius 1 is 1.17 bits per heavy atom. The third-order valence-electron chi connectivity index (χ3n) is 4.12. The van der Waals surface area contributed by atoms with Gasteiger partial charge in [0.1, 0.15) is 5.82 Å². The van der Waals surface area contributed by atoms with Gasteiger partial charge >= 0.3 is 0 Å². The molecule has 126 valence electrons. The van der Waals surface area contributed by atoms with Crippen molar-refractivity contribution in [1.82, 2.24) is 24.7 Å². The van der Waals surface area contributed by atoms with Crippen LogP contribution in [0.5, 0.6) is 0 Å². The average Bonchev–Trinajstić information content (AvgIpc) is 2.88. The van der Waals surface area contributed by atoms with Crippen molar-refractivity contribution in [3.63, 3.8) is 0 Å². The van der Waals surface area contributed by atoms with Crippen LogP contribution in [0.1, 0.15) is 25.1 Å². The fourth-order valence-electron chi connectivity index (χ4n) is 2.87. The lowest BCUT2D eigenvalue weighted by atomic mass is 10.1. The standard InChI is InChI=1S/C17H23N7/c1-5-24(6-2)15-13(11-20-17-18-8-7-9-19-17)10-14-12(3)22-23(4)16(14)21-15/h7-10H,5-6,11H2,1-4H3,(H,18,19,20). The van der Waals surface area contributed by atoms with Crippen LogP contribution in [0.15, 0.2) is 24.5 Å². The molecule has 3 aromatic rings. The first-order valence-corrected chi connectivity index (χ1v) is 8.23. The van der Waals surface area contributed by atoms with Crippen molar-refractivity contribution >= 4 is 22.8 Å².